The molecule has 1 aliphatic rings. The second-order valence-corrected chi connectivity index (χ2v) is 7.05. The number of hydrogen-bond donors (Lipinski definition) is 0. The Bertz CT molecular complexity index is 582. The van der Waals surface area contributed by atoms with Crippen LogP contribution in [0.15, 0.2) is 48.5 Å². The molecule has 0 fully saturated rings. The second-order valence-electron chi connectivity index (χ2n) is 7.05. The molecule has 1 heteroatoms. The van der Waals surface area contributed by atoms with Crippen molar-refractivity contribution in [2.24, 2.45) is 5.92 Å². The molecule has 0 aliphatic heterocycles. The van der Waals surface area contributed by atoms with Gasteiger partial charge in [0.25, 0.3) is 0 Å². The molecule has 0 bridgehead atoms. The van der Waals surface area contributed by atoms with E-state index in [1.165, 1.54) is 19.3 Å². The van der Waals surface area contributed by atoms with Crippen LogP contribution in [0.2, 0.25) is 0 Å². The van der Waals surface area contributed by atoms with Crippen LogP contribution in [-0.2, 0) is 12.8 Å². The molecule has 1 nitrogen and oxygen atoms in total. The minimum atomic E-state index is 0.546. The Kier molecular flexibility index (Phi) is 4.63. The Balaban J connectivity index is 1.99. The van der Waals surface area contributed by atoms with Gasteiger partial charge in [0.2, 0.25) is 0 Å². The minimum Gasteiger partial charge on any atom is -0.309 e. The molecule has 2 aromatic rings. The van der Waals surface area contributed by atoms with Gasteiger partial charge in [-0.1, -0.05) is 55.5 Å². The minimum absolute atomic E-state index is 0.546. The van der Waals surface area contributed by atoms with E-state index in [1.54, 1.807) is 22.3 Å². The van der Waals surface area contributed by atoms with Gasteiger partial charge in [-0.25, -0.2) is 0 Å². The zero-order chi connectivity index (χ0) is 15.5. The third-order valence-corrected chi connectivity index (χ3v) is 4.84. The van der Waals surface area contributed by atoms with Crippen molar-refractivity contribution in [2.45, 2.75) is 32.1 Å². The van der Waals surface area contributed by atoms with Crippen LogP contribution >= 0.6 is 0 Å². The molecule has 1 atom stereocenters. The average molecular weight is 293 g/mol. The molecule has 0 aromatic heterocycles. The first-order chi connectivity index (χ1) is 10.6. The molecule has 0 saturated heterocycles. The van der Waals surface area contributed by atoms with Gasteiger partial charge in [0.1, 0.15) is 0 Å². The molecule has 1 aliphatic carbocycles. The van der Waals surface area contributed by atoms with Crippen molar-refractivity contribution >= 4 is 0 Å². The summed E-state index contributed by atoms with van der Waals surface area (Å²) < 4.78 is 0. The van der Waals surface area contributed by atoms with Gasteiger partial charge in [-0.3, -0.25) is 0 Å². The van der Waals surface area contributed by atoms with Crippen LogP contribution in [-0.4, -0.2) is 25.5 Å². The highest BCUT2D eigenvalue weighted by Crippen LogP contribution is 2.38. The van der Waals surface area contributed by atoms with Crippen LogP contribution in [0.1, 0.15) is 41.5 Å². The zero-order valence-corrected chi connectivity index (χ0v) is 14.0. The van der Waals surface area contributed by atoms with Gasteiger partial charge in [-0.15, -0.1) is 0 Å². The van der Waals surface area contributed by atoms with Gasteiger partial charge in [-0.05, 0) is 61.5 Å². The predicted molar refractivity (Wildman–Crippen MR) is 94.5 cm³/mol. The van der Waals surface area contributed by atoms with Crippen molar-refractivity contribution in [3.05, 3.63) is 70.8 Å². The predicted octanol–water partition coefficient (Wildman–Crippen LogP) is 4.50. The van der Waals surface area contributed by atoms with Crippen molar-refractivity contribution in [1.29, 1.82) is 0 Å². The lowest BCUT2D eigenvalue weighted by molar-refractivity contribution is 0.321. The fourth-order valence-corrected chi connectivity index (χ4v) is 3.99. The van der Waals surface area contributed by atoms with Crippen LogP contribution in [0.4, 0.5) is 0 Å². The quantitative estimate of drug-likeness (QED) is 0.802. The van der Waals surface area contributed by atoms with Gasteiger partial charge >= 0.3 is 0 Å². The van der Waals surface area contributed by atoms with Crippen molar-refractivity contribution in [3.63, 3.8) is 0 Å². The Morgan fingerprint density at radius 3 is 1.91 bits per heavy atom. The molecular formula is C21H27N. The number of rotatable bonds is 4. The van der Waals surface area contributed by atoms with E-state index >= 15 is 0 Å². The van der Waals surface area contributed by atoms with E-state index in [9.17, 15) is 0 Å². The van der Waals surface area contributed by atoms with E-state index in [1.807, 2.05) is 0 Å². The summed E-state index contributed by atoms with van der Waals surface area (Å²) in [4.78, 5) is 2.30. The number of hydrogen-bond acceptors (Lipinski definition) is 1. The lowest BCUT2D eigenvalue weighted by Gasteiger charge is -2.25. The summed E-state index contributed by atoms with van der Waals surface area (Å²) in [7, 11) is 4.34. The lowest BCUT2D eigenvalue weighted by Crippen LogP contribution is -2.21. The van der Waals surface area contributed by atoms with Gasteiger partial charge in [0.15, 0.2) is 0 Å². The maximum Gasteiger partial charge on any atom is 0.00978 e. The van der Waals surface area contributed by atoms with Crippen LogP contribution in [0.5, 0.6) is 0 Å². The standard InChI is InChI=1S/C21H27N/c1-16(15-22(2)3)14-21-19-10-6-4-8-17(19)12-13-18-9-5-7-11-20(18)21/h4-11,16,21H,12-15H2,1-3H3/t16-/m0/s1. The summed E-state index contributed by atoms with van der Waals surface area (Å²) in [5, 5.41) is 0. The average Bonchev–Trinajstić information content (AvgIpc) is 2.65. The van der Waals surface area contributed by atoms with E-state index < -0.39 is 0 Å². The van der Waals surface area contributed by atoms with Crippen molar-refractivity contribution < 1.29 is 0 Å². The molecule has 116 valence electrons. The lowest BCUT2D eigenvalue weighted by atomic mass is 9.82. The molecule has 0 saturated carbocycles. The molecule has 0 heterocycles. The fourth-order valence-electron chi connectivity index (χ4n) is 3.99. The molecule has 3 rings (SSSR count). The maximum absolute atomic E-state index is 2.39. The first kappa shape index (κ1) is 15.3. The summed E-state index contributed by atoms with van der Waals surface area (Å²) in [6.07, 6.45) is 3.57. The summed E-state index contributed by atoms with van der Waals surface area (Å²) in [5.74, 6) is 1.24. The van der Waals surface area contributed by atoms with Crippen LogP contribution in [0.3, 0.4) is 0 Å². The third-order valence-electron chi connectivity index (χ3n) is 4.84. The molecule has 2 aromatic carbocycles. The number of benzene rings is 2. The monoisotopic (exact) mass is 293 g/mol. The number of nitrogens with zero attached hydrogens (tertiary/aromatic N) is 1. The van der Waals surface area contributed by atoms with E-state index in [0.717, 1.165) is 6.54 Å². The van der Waals surface area contributed by atoms with Crippen LogP contribution in [0, 0.1) is 5.92 Å². The molecule has 0 radical (unpaired) electrons. The Labute approximate surface area is 135 Å². The van der Waals surface area contributed by atoms with E-state index in [2.05, 4.69) is 74.4 Å². The third kappa shape index (κ3) is 3.25. The topological polar surface area (TPSA) is 3.24 Å². The summed E-state index contributed by atoms with van der Waals surface area (Å²) in [5.41, 5.74) is 6.19. The maximum atomic E-state index is 2.39. The molecule has 0 spiro atoms. The van der Waals surface area contributed by atoms with Crippen LogP contribution in [0.25, 0.3) is 0 Å². The van der Waals surface area contributed by atoms with Gasteiger partial charge in [-0.2, -0.15) is 0 Å². The van der Waals surface area contributed by atoms with E-state index in [-0.39, 0.29) is 0 Å². The number of fused-ring (bicyclic) bond motifs is 2. The molecular weight excluding hydrogens is 266 g/mol. The Morgan fingerprint density at radius 1 is 0.909 bits per heavy atom. The molecule has 22 heavy (non-hydrogen) atoms. The highest BCUT2D eigenvalue weighted by molar-refractivity contribution is 5.44. The normalized spacial score (nSPS) is 16.0. The molecule has 0 N–H and O–H groups in total. The first-order valence-electron chi connectivity index (χ1n) is 8.45. The summed E-state index contributed by atoms with van der Waals surface area (Å²) in [6.45, 7) is 3.54. The smallest absolute Gasteiger partial charge is 0.00978 e. The van der Waals surface area contributed by atoms with Crippen LogP contribution < -0.4 is 0 Å². The second kappa shape index (κ2) is 6.66. The van der Waals surface area contributed by atoms with E-state index in [0.29, 0.717) is 11.8 Å². The fraction of sp³-hybridized carbons (Fsp3) is 0.429. The Hall–Kier alpha value is -1.60. The van der Waals surface area contributed by atoms with Gasteiger partial charge in [0, 0.05) is 12.5 Å². The van der Waals surface area contributed by atoms with Gasteiger partial charge in [0.05, 0.1) is 0 Å². The SMILES string of the molecule is C[C@@H](CC1c2ccccc2CCc2ccccc21)CN(C)C. The Morgan fingerprint density at radius 2 is 1.41 bits per heavy atom. The number of aryl methyl sites for hydroxylation is 2. The molecule has 0 unspecified atom stereocenters. The van der Waals surface area contributed by atoms with Gasteiger partial charge < -0.3 is 4.90 Å². The van der Waals surface area contributed by atoms with E-state index in [4.69, 9.17) is 0 Å². The summed E-state index contributed by atoms with van der Waals surface area (Å²) >= 11 is 0. The van der Waals surface area contributed by atoms with Crippen molar-refractivity contribution in [3.8, 4) is 0 Å². The highest BCUT2D eigenvalue weighted by Gasteiger charge is 2.24. The van der Waals surface area contributed by atoms with Crippen molar-refractivity contribution in [2.75, 3.05) is 20.6 Å². The summed E-state index contributed by atoms with van der Waals surface area (Å²) in [6, 6.07) is 18.1. The zero-order valence-electron chi connectivity index (χ0n) is 14.0. The van der Waals surface area contributed by atoms with Crippen molar-refractivity contribution in [1.82, 2.24) is 4.90 Å². The largest absolute Gasteiger partial charge is 0.309 e. The molecule has 0 amide bonds. The highest BCUT2D eigenvalue weighted by atomic mass is 15.1. The first-order valence-corrected chi connectivity index (χ1v) is 8.45.